The summed E-state index contributed by atoms with van der Waals surface area (Å²) in [5.74, 6) is 1.26. The molecule has 1 saturated heterocycles. The molecule has 0 unspecified atom stereocenters. The highest BCUT2D eigenvalue weighted by Gasteiger charge is 2.25. The summed E-state index contributed by atoms with van der Waals surface area (Å²) in [7, 11) is 1.83. The molecule has 3 aromatic rings. The number of amides is 1. The van der Waals surface area contributed by atoms with Gasteiger partial charge in [0.15, 0.2) is 5.65 Å². The summed E-state index contributed by atoms with van der Waals surface area (Å²) in [4.78, 5) is 29.6. The van der Waals surface area contributed by atoms with E-state index in [4.69, 9.17) is 4.74 Å². The highest BCUT2D eigenvalue weighted by Crippen LogP contribution is 2.22. The van der Waals surface area contributed by atoms with Gasteiger partial charge in [-0.15, -0.1) is 0 Å². The minimum Gasteiger partial charge on any atom is -0.444 e. The van der Waals surface area contributed by atoms with Crippen molar-refractivity contribution in [2.75, 3.05) is 48.8 Å². The first-order valence-corrected chi connectivity index (χ1v) is 10.7. The van der Waals surface area contributed by atoms with E-state index < -0.39 is 5.60 Å². The van der Waals surface area contributed by atoms with Gasteiger partial charge in [0.05, 0.1) is 0 Å². The van der Waals surface area contributed by atoms with Crippen LogP contribution in [0.5, 0.6) is 0 Å². The largest absolute Gasteiger partial charge is 0.444 e. The van der Waals surface area contributed by atoms with Gasteiger partial charge in [-0.2, -0.15) is 4.98 Å². The maximum Gasteiger partial charge on any atom is 0.410 e. The Labute approximate surface area is 187 Å². The van der Waals surface area contributed by atoms with Crippen LogP contribution in [0.2, 0.25) is 0 Å². The molecule has 4 rings (SSSR count). The SMILES string of the molecule is CNc1ccc2cnc(Nc3ccc(N4CCN(C(=O)OC(C)(C)C)CC4)cc3)nc2n1. The highest BCUT2D eigenvalue weighted by molar-refractivity contribution is 5.77. The average molecular weight is 436 g/mol. The highest BCUT2D eigenvalue weighted by atomic mass is 16.6. The Balaban J connectivity index is 1.37. The molecule has 9 nitrogen and oxygen atoms in total. The Morgan fingerprint density at radius 3 is 2.38 bits per heavy atom. The Bertz CT molecular complexity index is 1090. The van der Waals surface area contributed by atoms with Gasteiger partial charge in [0.25, 0.3) is 0 Å². The summed E-state index contributed by atoms with van der Waals surface area (Å²) in [6.07, 6.45) is 1.51. The monoisotopic (exact) mass is 435 g/mol. The van der Waals surface area contributed by atoms with Gasteiger partial charge in [-0.3, -0.25) is 0 Å². The van der Waals surface area contributed by atoms with E-state index in [0.29, 0.717) is 24.7 Å². The predicted molar refractivity (Wildman–Crippen MR) is 127 cm³/mol. The van der Waals surface area contributed by atoms with Crippen LogP contribution >= 0.6 is 0 Å². The first-order chi connectivity index (χ1) is 15.3. The molecule has 32 heavy (non-hydrogen) atoms. The third-order valence-corrected chi connectivity index (χ3v) is 5.12. The lowest BCUT2D eigenvalue weighted by atomic mass is 10.2. The van der Waals surface area contributed by atoms with Gasteiger partial charge >= 0.3 is 6.09 Å². The number of carbonyl (C=O) groups excluding carboxylic acids is 1. The molecule has 3 heterocycles. The fourth-order valence-electron chi connectivity index (χ4n) is 3.47. The third kappa shape index (κ3) is 5.16. The lowest BCUT2D eigenvalue weighted by molar-refractivity contribution is 0.0240. The first-order valence-electron chi connectivity index (χ1n) is 10.7. The van der Waals surface area contributed by atoms with E-state index in [1.807, 2.05) is 52.1 Å². The molecule has 2 N–H and O–H groups in total. The number of hydrogen-bond acceptors (Lipinski definition) is 8. The summed E-state index contributed by atoms with van der Waals surface area (Å²) in [5.41, 5.74) is 2.16. The summed E-state index contributed by atoms with van der Waals surface area (Å²) < 4.78 is 5.47. The van der Waals surface area contributed by atoms with Crippen LogP contribution in [-0.4, -0.2) is 64.8 Å². The van der Waals surface area contributed by atoms with E-state index in [9.17, 15) is 4.79 Å². The molecule has 0 aliphatic carbocycles. The molecule has 9 heteroatoms. The fraction of sp³-hybridized carbons (Fsp3) is 0.391. The molecule has 1 amide bonds. The number of piperazine rings is 1. The molecule has 1 aromatic carbocycles. The number of anilines is 4. The van der Waals surface area contributed by atoms with Gasteiger partial charge in [0.2, 0.25) is 5.95 Å². The van der Waals surface area contributed by atoms with Crippen molar-refractivity contribution in [2.24, 2.45) is 0 Å². The fourth-order valence-corrected chi connectivity index (χ4v) is 3.47. The number of rotatable bonds is 4. The van der Waals surface area contributed by atoms with Crippen molar-refractivity contribution in [3.05, 3.63) is 42.6 Å². The Morgan fingerprint density at radius 2 is 1.72 bits per heavy atom. The number of ether oxygens (including phenoxy) is 1. The van der Waals surface area contributed by atoms with Crippen LogP contribution in [0.3, 0.4) is 0 Å². The summed E-state index contributed by atoms with van der Waals surface area (Å²) in [5, 5.41) is 7.14. The van der Waals surface area contributed by atoms with Crippen molar-refractivity contribution >= 4 is 40.3 Å². The van der Waals surface area contributed by atoms with Crippen molar-refractivity contribution in [2.45, 2.75) is 26.4 Å². The summed E-state index contributed by atoms with van der Waals surface area (Å²) >= 11 is 0. The quantitative estimate of drug-likeness (QED) is 0.638. The molecule has 168 valence electrons. The second-order valence-corrected chi connectivity index (χ2v) is 8.68. The van der Waals surface area contributed by atoms with Gasteiger partial charge in [-0.1, -0.05) is 0 Å². The number of hydrogen-bond donors (Lipinski definition) is 2. The zero-order valence-corrected chi connectivity index (χ0v) is 18.9. The normalized spacial score (nSPS) is 14.4. The molecule has 1 aliphatic rings. The maximum absolute atomic E-state index is 12.2. The van der Waals surface area contributed by atoms with Crippen LogP contribution < -0.4 is 15.5 Å². The van der Waals surface area contributed by atoms with E-state index >= 15 is 0 Å². The number of aromatic nitrogens is 3. The van der Waals surface area contributed by atoms with Gasteiger partial charge in [-0.25, -0.2) is 14.8 Å². The minimum atomic E-state index is -0.475. The number of nitrogens with zero attached hydrogens (tertiary/aromatic N) is 5. The number of nitrogens with one attached hydrogen (secondary N) is 2. The van der Waals surface area contributed by atoms with Crippen LogP contribution in [0.1, 0.15) is 20.8 Å². The second kappa shape index (κ2) is 8.86. The lowest BCUT2D eigenvalue weighted by Gasteiger charge is -2.36. The van der Waals surface area contributed by atoms with Crippen LogP contribution in [0.25, 0.3) is 11.0 Å². The molecule has 0 atom stereocenters. The van der Waals surface area contributed by atoms with E-state index in [2.05, 4.69) is 42.6 Å². The Kier molecular flexibility index (Phi) is 5.98. The first kappa shape index (κ1) is 21.6. The predicted octanol–water partition coefficient (Wildman–Crippen LogP) is 3.87. The number of carbonyl (C=O) groups is 1. The molecule has 0 bridgehead atoms. The molecule has 0 saturated carbocycles. The smallest absolute Gasteiger partial charge is 0.410 e. The summed E-state index contributed by atoms with van der Waals surface area (Å²) in [6.45, 7) is 8.46. The Hall–Kier alpha value is -3.62. The molecule has 1 fully saturated rings. The van der Waals surface area contributed by atoms with E-state index in [1.165, 1.54) is 0 Å². The van der Waals surface area contributed by atoms with Crippen molar-refractivity contribution in [3.8, 4) is 0 Å². The third-order valence-electron chi connectivity index (χ3n) is 5.12. The van der Waals surface area contributed by atoms with E-state index in [0.717, 1.165) is 35.7 Å². The van der Waals surface area contributed by atoms with E-state index in [-0.39, 0.29) is 6.09 Å². The van der Waals surface area contributed by atoms with Crippen molar-refractivity contribution in [1.29, 1.82) is 0 Å². The van der Waals surface area contributed by atoms with Crippen LogP contribution in [-0.2, 0) is 4.74 Å². The Morgan fingerprint density at radius 1 is 1.00 bits per heavy atom. The van der Waals surface area contributed by atoms with Crippen molar-refractivity contribution < 1.29 is 9.53 Å². The van der Waals surface area contributed by atoms with Crippen molar-refractivity contribution in [1.82, 2.24) is 19.9 Å². The maximum atomic E-state index is 12.2. The standard InChI is InChI=1S/C23H29N7O2/c1-23(2,3)32-22(31)30-13-11-29(12-14-30)18-8-6-17(7-9-18)26-21-25-15-16-5-10-19(24-4)27-20(16)28-21/h5-10,15H,11-14H2,1-4H3,(H2,24,25,26,27,28). The minimum absolute atomic E-state index is 0.247. The van der Waals surface area contributed by atoms with Gasteiger partial charge in [-0.05, 0) is 57.2 Å². The second-order valence-electron chi connectivity index (χ2n) is 8.68. The van der Waals surface area contributed by atoms with Crippen molar-refractivity contribution in [3.63, 3.8) is 0 Å². The average Bonchev–Trinajstić information content (AvgIpc) is 2.78. The zero-order chi connectivity index (χ0) is 22.7. The topological polar surface area (TPSA) is 95.5 Å². The van der Waals surface area contributed by atoms with Crippen LogP contribution in [0.4, 0.5) is 27.9 Å². The van der Waals surface area contributed by atoms with Crippen LogP contribution in [0.15, 0.2) is 42.6 Å². The van der Waals surface area contributed by atoms with Crippen LogP contribution in [0, 0.1) is 0 Å². The van der Waals surface area contributed by atoms with Gasteiger partial charge in [0, 0.05) is 56.2 Å². The summed E-state index contributed by atoms with van der Waals surface area (Å²) in [6, 6.07) is 12.0. The molecule has 1 aliphatic heterocycles. The number of pyridine rings is 1. The van der Waals surface area contributed by atoms with Gasteiger partial charge in [0.1, 0.15) is 11.4 Å². The molecular weight excluding hydrogens is 406 g/mol. The zero-order valence-electron chi connectivity index (χ0n) is 18.9. The van der Waals surface area contributed by atoms with E-state index in [1.54, 1.807) is 11.1 Å². The molecular formula is C23H29N7O2. The lowest BCUT2D eigenvalue weighted by Crippen LogP contribution is -2.50. The number of fused-ring (bicyclic) bond motifs is 1. The molecule has 0 spiro atoms. The van der Waals surface area contributed by atoms with Gasteiger partial charge < -0.3 is 25.2 Å². The number of benzene rings is 1. The molecule has 0 radical (unpaired) electrons. The molecule has 2 aromatic heterocycles.